The van der Waals surface area contributed by atoms with E-state index in [1.54, 1.807) is 4.90 Å². The molecule has 2 N–H and O–H groups in total. The summed E-state index contributed by atoms with van der Waals surface area (Å²) in [5.41, 5.74) is 2.72. The summed E-state index contributed by atoms with van der Waals surface area (Å²) in [6.45, 7) is 4.34. The Kier molecular flexibility index (Phi) is 3.29. The lowest BCUT2D eigenvalue weighted by Crippen LogP contribution is -2.58. The zero-order valence-corrected chi connectivity index (χ0v) is 15.7. The van der Waals surface area contributed by atoms with E-state index in [0.29, 0.717) is 6.42 Å². The molecule has 4 heterocycles. The van der Waals surface area contributed by atoms with Crippen LogP contribution < -0.4 is 20.4 Å². The molecule has 7 heteroatoms. The minimum absolute atomic E-state index is 0.0460. The molecule has 3 saturated heterocycles. The summed E-state index contributed by atoms with van der Waals surface area (Å²) in [5, 5.41) is 5.76. The molecule has 6 rings (SSSR count). The van der Waals surface area contributed by atoms with Crippen LogP contribution >= 0.6 is 0 Å². The molecule has 1 saturated carbocycles. The third kappa shape index (κ3) is 2.11. The molecular weight excluding hydrogens is 356 g/mol. The Morgan fingerprint density at radius 1 is 1.00 bits per heavy atom. The fourth-order valence-electron chi connectivity index (χ4n) is 5.41. The quantitative estimate of drug-likeness (QED) is 0.748. The standard InChI is InChI=1S/C21H24N4O3/c26-17-5-4-16(19(27)23-17)25-15-3-1-2-14(18(15)21(6-7-21)20(25)28)24-10-13(11-24)12-8-22-9-12/h1-3,12-13,16,22H,4-11H2,(H,23,26,27). The van der Waals surface area contributed by atoms with Crippen LogP contribution in [0.25, 0.3) is 0 Å². The van der Waals surface area contributed by atoms with Gasteiger partial charge in [-0.05, 0) is 56.3 Å². The molecule has 1 unspecified atom stereocenters. The first-order valence-electron chi connectivity index (χ1n) is 10.3. The minimum atomic E-state index is -0.579. The molecule has 5 aliphatic rings. The van der Waals surface area contributed by atoms with Crippen molar-refractivity contribution in [2.24, 2.45) is 11.8 Å². The van der Waals surface area contributed by atoms with Gasteiger partial charge in [-0.15, -0.1) is 0 Å². The molecule has 1 aliphatic carbocycles. The number of hydrogen-bond donors (Lipinski definition) is 2. The number of fused-ring (bicyclic) bond motifs is 2. The van der Waals surface area contributed by atoms with Gasteiger partial charge in [-0.1, -0.05) is 6.07 Å². The molecule has 28 heavy (non-hydrogen) atoms. The maximum absolute atomic E-state index is 13.4. The summed E-state index contributed by atoms with van der Waals surface area (Å²) in [7, 11) is 0. The van der Waals surface area contributed by atoms with Crippen molar-refractivity contribution in [3.8, 4) is 0 Å². The average Bonchev–Trinajstić information content (AvgIpc) is 3.35. The summed E-state index contributed by atoms with van der Waals surface area (Å²) in [5.74, 6) is 0.963. The van der Waals surface area contributed by atoms with Gasteiger partial charge in [0.2, 0.25) is 17.7 Å². The highest BCUT2D eigenvalue weighted by atomic mass is 16.2. The Balaban J connectivity index is 1.35. The van der Waals surface area contributed by atoms with Crippen LogP contribution in [0.2, 0.25) is 0 Å². The number of carbonyl (C=O) groups is 3. The van der Waals surface area contributed by atoms with Gasteiger partial charge in [0, 0.05) is 30.8 Å². The fourth-order valence-corrected chi connectivity index (χ4v) is 5.41. The molecule has 1 aromatic rings. The van der Waals surface area contributed by atoms with E-state index in [1.807, 2.05) is 12.1 Å². The monoisotopic (exact) mass is 380 g/mol. The third-order valence-electron chi connectivity index (χ3n) is 7.39. The van der Waals surface area contributed by atoms with Gasteiger partial charge in [0.05, 0.1) is 11.1 Å². The number of rotatable bonds is 3. The van der Waals surface area contributed by atoms with E-state index in [0.717, 1.165) is 62.1 Å². The summed E-state index contributed by atoms with van der Waals surface area (Å²) < 4.78 is 0. The van der Waals surface area contributed by atoms with Gasteiger partial charge >= 0.3 is 0 Å². The van der Waals surface area contributed by atoms with Crippen molar-refractivity contribution >= 4 is 29.1 Å². The third-order valence-corrected chi connectivity index (χ3v) is 7.39. The molecule has 0 aromatic heterocycles. The fraction of sp³-hybridized carbons (Fsp3) is 0.571. The zero-order chi connectivity index (χ0) is 19.0. The Morgan fingerprint density at radius 3 is 2.39 bits per heavy atom. The second-order valence-corrected chi connectivity index (χ2v) is 8.98. The maximum Gasteiger partial charge on any atom is 0.249 e. The number of nitrogens with zero attached hydrogens (tertiary/aromatic N) is 2. The summed E-state index contributed by atoms with van der Waals surface area (Å²) >= 11 is 0. The van der Waals surface area contributed by atoms with Crippen molar-refractivity contribution in [2.45, 2.75) is 37.1 Å². The van der Waals surface area contributed by atoms with Gasteiger partial charge in [0.25, 0.3) is 0 Å². The molecule has 4 fully saturated rings. The number of imide groups is 1. The van der Waals surface area contributed by atoms with Crippen LogP contribution in [0.3, 0.4) is 0 Å². The SMILES string of the molecule is O=C1CCC(N2C(=O)C3(CC3)c3c(N4CC(C5CNC5)C4)cccc32)C(=O)N1. The largest absolute Gasteiger partial charge is 0.371 e. The van der Waals surface area contributed by atoms with E-state index in [2.05, 4.69) is 21.6 Å². The highest BCUT2D eigenvalue weighted by Gasteiger charge is 2.62. The summed E-state index contributed by atoms with van der Waals surface area (Å²) in [6, 6.07) is 5.53. The predicted molar refractivity (Wildman–Crippen MR) is 103 cm³/mol. The number of nitrogens with one attached hydrogen (secondary N) is 2. The average molecular weight is 380 g/mol. The van der Waals surface area contributed by atoms with E-state index in [-0.39, 0.29) is 24.1 Å². The Labute approximate surface area is 163 Å². The lowest BCUT2D eigenvalue weighted by molar-refractivity contribution is -0.135. The van der Waals surface area contributed by atoms with Crippen molar-refractivity contribution in [3.05, 3.63) is 23.8 Å². The predicted octanol–water partition coefficient (Wildman–Crippen LogP) is 0.526. The van der Waals surface area contributed by atoms with E-state index in [1.165, 1.54) is 5.69 Å². The lowest BCUT2D eigenvalue weighted by atomic mass is 9.81. The first kappa shape index (κ1) is 16.5. The second-order valence-electron chi connectivity index (χ2n) is 8.98. The number of carbonyl (C=O) groups excluding carboxylic acids is 3. The van der Waals surface area contributed by atoms with Gasteiger partial charge < -0.3 is 10.2 Å². The molecule has 0 bridgehead atoms. The van der Waals surface area contributed by atoms with Crippen LogP contribution in [0.15, 0.2) is 18.2 Å². The molecule has 1 spiro atoms. The number of anilines is 2. The number of hydrogen-bond acceptors (Lipinski definition) is 5. The highest BCUT2D eigenvalue weighted by Crippen LogP contribution is 2.61. The Hall–Kier alpha value is -2.41. The van der Waals surface area contributed by atoms with E-state index in [4.69, 9.17) is 0 Å². The summed E-state index contributed by atoms with van der Waals surface area (Å²) in [4.78, 5) is 41.6. The van der Waals surface area contributed by atoms with Gasteiger partial charge in [-0.3, -0.25) is 24.6 Å². The van der Waals surface area contributed by atoms with Gasteiger partial charge in [0.15, 0.2) is 0 Å². The second kappa shape index (κ2) is 5.56. The van der Waals surface area contributed by atoms with E-state index < -0.39 is 11.5 Å². The van der Waals surface area contributed by atoms with Crippen LogP contribution in [0.5, 0.6) is 0 Å². The lowest BCUT2D eigenvalue weighted by Gasteiger charge is -2.48. The van der Waals surface area contributed by atoms with E-state index in [9.17, 15) is 14.4 Å². The van der Waals surface area contributed by atoms with Crippen LogP contribution in [-0.4, -0.2) is 49.9 Å². The van der Waals surface area contributed by atoms with Crippen LogP contribution in [0, 0.1) is 11.8 Å². The smallest absolute Gasteiger partial charge is 0.249 e. The number of piperidine rings is 1. The Morgan fingerprint density at radius 2 is 1.75 bits per heavy atom. The number of amides is 3. The first-order chi connectivity index (χ1) is 13.6. The van der Waals surface area contributed by atoms with Crippen LogP contribution in [0.4, 0.5) is 11.4 Å². The minimum Gasteiger partial charge on any atom is -0.371 e. The maximum atomic E-state index is 13.4. The molecule has 0 radical (unpaired) electrons. The highest BCUT2D eigenvalue weighted by molar-refractivity contribution is 6.16. The van der Waals surface area contributed by atoms with Gasteiger partial charge in [0.1, 0.15) is 6.04 Å². The van der Waals surface area contributed by atoms with Crippen molar-refractivity contribution in [1.29, 1.82) is 0 Å². The van der Waals surface area contributed by atoms with Crippen LogP contribution in [-0.2, 0) is 19.8 Å². The van der Waals surface area contributed by atoms with Gasteiger partial charge in [-0.2, -0.15) is 0 Å². The molecule has 1 aromatic carbocycles. The van der Waals surface area contributed by atoms with Crippen LogP contribution in [0.1, 0.15) is 31.2 Å². The van der Waals surface area contributed by atoms with E-state index >= 15 is 0 Å². The first-order valence-corrected chi connectivity index (χ1v) is 10.3. The molecule has 1 atom stereocenters. The van der Waals surface area contributed by atoms with Crippen molar-refractivity contribution in [2.75, 3.05) is 36.0 Å². The van der Waals surface area contributed by atoms with Crippen molar-refractivity contribution in [1.82, 2.24) is 10.6 Å². The summed E-state index contributed by atoms with van der Waals surface area (Å²) in [6.07, 6.45) is 2.38. The molecule has 4 aliphatic heterocycles. The normalized spacial score (nSPS) is 28.9. The number of benzene rings is 1. The molecule has 3 amide bonds. The molecule has 146 valence electrons. The molecular formula is C21H24N4O3. The molecule has 7 nitrogen and oxygen atoms in total. The zero-order valence-electron chi connectivity index (χ0n) is 15.7. The Bertz CT molecular complexity index is 899. The van der Waals surface area contributed by atoms with Crippen molar-refractivity contribution in [3.63, 3.8) is 0 Å². The van der Waals surface area contributed by atoms with Gasteiger partial charge in [-0.25, -0.2) is 0 Å². The van der Waals surface area contributed by atoms with Crippen molar-refractivity contribution < 1.29 is 14.4 Å². The topological polar surface area (TPSA) is 81.8 Å².